The van der Waals surface area contributed by atoms with Crippen molar-refractivity contribution in [3.05, 3.63) is 53.6 Å². The van der Waals surface area contributed by atoms with Crippen molar-refractivity contribution in [2.75, 3.05) is 0 Å². The quantitative estimate of drug-likeness (QED) is 0.868. The van der Waals surface area contributed by atoms with Crippen molar-refractivity contribution in [1.82, 2.24) is 0 Å². The Bertz CT molecular complexity index is 571. The monoisotopic (exact) mass is 242 g/mol. The fourth-order valence-corrected chi connectivity index (χ4v) is 1.82. The number of hydrogen-bond donors (Lipinski definition) is 2. The number of phenols is 1. The highest BCUT2D eigenvalue weighted by Crippen LogP contribution is 2.26. The third-order valence-corrected chi connectivity index (χ3v) is 2.92. The van der Waals surface area contributed by atoms with Crippen LogP contribution in [0.4, 0.5) is 0 Å². The molecule has 0 aliphatic rings. The third-order valence-electron chi connectivity index (χ3n) is 2.92. The molecule has 2 aromatic rings. The highest BCUT2D eigenvalue weighted by atomic mass is 16.4. The van der Waals surface area contributed by atoms with E-state index in [4.69, 9.17) is 5.11 Å². The lowest BCUT2D eigenvalue weighted by Gasteiger charge is -2.06. The number of carboxylic acid groups (broad SMARTS) is 1. The average molecular weight is 242 g/mol. The number of aromatic hydroxyl groups is 1. The Morgan fingerprint density at radius 3 is 2.22 bits per heavy atom. The fraction of sp³-hybridized carbons (Fsp3) is 0.133. The van der Waals surface area contributed by atoms with Gasteiger partial charge in [0, 0.05) is 0 Å². The Morgan fingerprint density at radius 1 is 1.06 bits per heavy atom. The van der Waals surface area contributed by atoms with Gasteiger partial charge in [0.1, 0.15) is 11.3 Å². The molecular formula is C15H14O3. The molecule has 2 rings (SSSR count). The van der Waals surface area contributed by atoms with Crippen LogP contribution in [0, 0.1) is 0 Å². The van der Waals surface area contributed by atoms with Gasteiger partial charge in [-0.25, -0.2) is 4.79 Å². The van der Waals surface area contributed by atoms with E-state index in [0.29, 0.717) is 0 Å². The second-order valence-corrected chi connectivity index (χ2v) is 4.09. The molecule has 0 bridgehead atoms. The Balaban J connectivity index is 2.44. The summed E-state index contributed by atoms with van der Waals surface area (Å²) in [5, 5.41) is 18.4. The molecule has 0 spiro atoms. The van der Waals surface area contributed by atoms with Gasteiger partial charge in [-0.1, -0.05) is 37.3 Å². The van der Waals surface area contributed by atoms with Gasteiger partial charge in [-0.15, -0.1) is 0 Å². The summed E-state index contributed by atoms with van der Waals surface area (Å²) in [5.41, 5.74) is 2.88. The van der Waals surface area contributed by atoms with E-state index in [-0.39, 0.29) is 11.3 Å². The Labute approximate surface area is 105 Å². The summed E-state index contributed by atoms with van der Waals surface area (Å²) in [6, 6.07) is 12.5. The van der Waals surface area contributed by atoms with Crippen LogP contribution >= 0.6 is 0 Å². The molecular weight excluding hydrogens is 228 g/mol. The molecule has 0 amide bonds. The van der Waals surface area contributed by atoms with Gasteiger partial charge in [-0.05, 0) is 35.2 Å². The van der Waals surface area contributed by atoms with E-state index < -0.39 is 5.97 Å². The van der Waals surface area contributed by atoms with Crippen LogP contribution in [0.15, 0.2) is 42.5 Å². The molecule has 0 fully saturated rings. The Morgan fingerprint density at radius 2 is 1.67 bits per heavy atom. The van der Waals surface area contributed by atoms with E-state index in [9.17, 15) is 9.90 Å². The minimum absolute atomic E-state index is 0.0768. The second-order valence-electron chi connectivity index (χ2n) is 4.09. The van der Waals surface area contributed by atoms with Gasteiger partial charge in [-0.3, -0.25) is 0 Å². The van der Waals surface area contributed by atoms with Gasteiger partial charge < -0.3 is 10.2 Å². The first kappa shape index (κ1) is 12.2. The summed E-state index contributed by atoms with van der Waals surface area (Å²) in [6.45, 7) is 2.08. The van der Waals surface area contributed by atoms with Gasteiger partial charge >= 0.3 is 5.97 Å². The van der Waals surface area contributed by atoms with Crippen molar-refractivity contribution in [2.45, 2.75) is 13.3 Å². The first-order valence-corrected chi connectivity index (χ1v) is 5.77. The number of rotatable bonds is 3. The SMILES string of the molecule is CCc1ccc(-c2ccc(O)c(C(=O)O)c2)cc1. The third kappa shape index (κ3) is 2.35. The van der Waals surface area contributed by atoms with Gasteiger partial charge in [0.25, 0.3) is 0 Å². The number of aryl methyl sites for hydroxylation is 1. The zero-order valence-electron chi connectivity index (χ0n) is 10.1. The summed E-state index contributed by atoms with van der Waals surface area (Å²) >= 11 is 0. The van der Waals surface area contributed by atoms with E-state index in [1.807, 2.05) is 24.3 Å². The molecule has 18 heavy (non-hydrogen) atoms. The van der Waals surface area contributed by atoms with E-state index in [0.717, 1.165) is 17.5 Å². The fourth-order valence-electron chi connectivity index (χ4n) is 1.82. The van der Waals surface area contributed by atoms with Crippen molar-refractivity contribution in [3.8, 4) is 16.9 Å². The Hall–Kier alpha value is -2.29. The zero-order chi connectivity index (χ0) is 13.1. The normalized spacial score (nSPS) is 10.3. The number of carboxylic acids is 1. The number of benzene rings is 2. The molecule has 0 aromatic heterocycles. The number of carbonyl (C=O) groups is 1. The van der Waals surface area contributed by atoms with Crippen LogP contribution < -0.4 is 0 Å². The largest absolute Gasteiger partial charge is 0.507 e. The summed E-state index contributed by atoms with van der Waals surface area (Å²) in [5.74, 6) is -1.34. The van der Waals surface area contributed by atoms with E-state index in [2.05, 4.69) is 6.92 Å². The van der Waals surface area contributed by atoms with Crippen LogP contribution in [-0.2, 0) is 6.42 Å². The summed E-state index contributed by atoms with van der Waals surface area (Å²) in [7, 11) is 0. The molecule has 0 heterocycles. The smallest absolute Gasteiger partial charge is 0.339 e. The van der Waals surface area contributed by atoms with E-state index >= 15 is 0 Å². The van der Waals surface area contributed by atoms with Crippen LogP contribution in [0.2, 0.25) is 0 Å². The lowest BCUT2D eigenvalue weighted by molar-refractivity contribution is 0.0694. The molecule has 2 aromatic carbocycles. The van der Waals surface area contributed by atoms with Crippen molar-refractivity contribution in [2.24, 2.45) is 0 Å². The summed E-state index contributed by atoms with van der Waals surface area (Å²) in [6.07, 6.45) is 0.968. The average Bonchev–Trinajstić information content (AvgIpc) is 2.39. The first-order chi connectivity index (χ1) is 8.61. The molecule has 0 aliphatic heterocycles. The predicted molar refractivity (Wildman–Crippen MR) is 69.9 cm³/mol. The van der Waals surface area contributed by atoms with Gasteiger partial charge in [0.2, 0.25) is 0 Å². The molecule has 3 nitrogen and oxygen atoms in total. The molecule has 0 atom stereocenters. The summed E-state index contributed by atoms with van der Waals surface area (Å²) < 4.78 is 0. The molecule has 0 saturated heterocycles. The van der Waals surface area contributed by atoms with Crippen LogP contribution in [0.3, 0.4) is 0 Å². The molecule has 0 aliphatic carbocycles. The minimum atomic E-state index is -1.13. The molecule has 0 unspecified atom stereocenters. The highest BCUT2D eigenvalue weighted by molar-refractivity contribution is 5.92. The van der Waals surface area contributed by atoms with Crippen molar-refractivity contribution in [3.63, 3.8) is 0 Å². The second kappa shape index (κ2) is 4.92. The van der Waals surface area contributed by atoms with Gasteiger partial charge in [0.15, 0.2) is 0 Å². The van der Waals surface area contributed by atoms with Crippen molar-refractivity contribution in [1.29, 1.82) is 0 Å². The Kier molecular flexibility index (Phi) is 3.33. The number of aromatic carboxylic acids is 1. The van der Waals surface area contributed by atoms with Crippen LogP contribution in [-0.4, -0.2) is 16.2 Å². The van der Waals surface area contributed by atoms with Crippen LogP contribution in [0.25, 0.3) is 11.1 Å². The van der Waals surface area contributed by atoms with Gasteiger partial charge in [0.05, 0.1) is 0 Å². The molecule has 3 heteroatoms. The minimum Gasteiger partial charge on any atom is -0.507 e. The topological polar surface area (TPSA) is 57.5 Å². The van der Waals surface area contributed by atoms with Gasteiger partial charge in [-0.2, -0.15) is 0 Å². The van der Waals surface area contributed by atoms with Crippen molar-refractivity contribution < 1.29 is 15.0 Å². The molecule has 0 radical (unpaired) electrons. The maximum absolute atomic E-state index is 10.9. The lowest BCUT2D eigenvalue weighted by Crippen LogP contribution is -1.97. The van der Waals surface area contributed by atoms with E-state index in [1.54, 1.807) is 6.07 Å². The van der Waals surface area contributed by atoms with Crippen molar-refractivity contribution >= 4 is 5.97 Å². The standard InChI is InChI=1S/C15H14O3/c1-2-10-3-5-11(6-4-10)12-7-8-14(16)13(9-12)15(17)18/h3-9,16H,2H2,1H3,(H,17,18). The lowest BCUT2D eigenvalue weighted by atomic mass is 10.0. The molecule has 2 N–H and O–H groups in total. The van der Waals surface area contributed by atoms with E-state index in [1.165, 1.54) is 17.7 Å². The van der Waals surface area contributed by atoms with Crippen LogP contribution in [0.1, 0.15) is 22.8 Å². The molecule has 0 saturated carbocycles. The molecule has 92 valence electrons. The summed E-state index contributed by atoms with van der Waals surface area (Å²) in [4.78, 5) is 10.9. The maximum atomic E-state index is 10.9. The highest BCUT2D eigenvalue weighted by Gasteiger charge is 2.10. The maximum Gasteiger partial charge on any atom is 0.339 e. The predicted octanol–water partition coefficient (Wildman–Crippen LogP) is 3.32. The zero-order valence-corrected chi connectivity index (χ0v) is 10.1. The van der Waals surface area contributed by atoms with Crippen LogP contribution in [0.5, 0.6) is 5.75 Å². The first-order valence-electron chi connectivity index (χ1n) is 5.77. The number of hydrogen-bond acceptors (Lipinski definition) is 2.